The van der Waals surface area contributed by atoms with Gasteiger partial charge in [0.05, 0.1) is 26.3 Å². The monoisotopic (exact) mass is 373 g/mol. The number of carbonyl (C=O) groups is 1. The SMILES string of the molecule is COc1cc(/C=C/C(=O)OCc2cccc([N+](=O)[O-])c2)cc(OC)c1OC. The van der Waals surface area contributed by atoms with Crippen LogP contribution in [0.3, 0.4) is 0 Å². The maximum atomic E-state index is 11.9. The van der Waals surface area contributed by atoms with Gasteiger partial charge in [-0.3, -0.25) is 10.1 Å². The van der Waals surface area contributed by atoms with Crippen molar-refractivity contribution in [2.24, 2.45) is 0 Å². The summed E-state index contributed by atoms with van der Waals surface area (Å²) in [6.07, 6.45) is 2.79. The van der Waals surface area contributed by atoms with Gasteiger partial charge in [-0.1, -0.05) is 12.1 Å². The van der Waals surface area contributed by atoms with Crippen LogP contribution in [-0.4, -0.2) is 32.2 Å². The Bertz CT molecular complexity index is 836. The van der Waals surface area contributed by atoms with Crippen molar-refractivity contribution in [3.63, 3.8) is 0 Å². The van der Waals surface area contributed by atoms with Crippen molar-refractivity contribution in [2.75, 3.05) is 21.3 Å². The molecule has 8 heteroatoms. The molecule has 27 heavy (non-hydrogen) atoms. The predicted octanol–water partition coefficient (Wildman–Crippen LogP) is 3.38. The fraction of sp³-hybridized carbons (Fsp3) is 0.211. The van der Waals surface area contributed by atoms with Gasteiger partial charge in [0, 0.05) is 18.2 Å². The van der Waals surface area contributed by atoms with Crippen LogP contribution in [0.25, 0.3) is 6.08 Å². The number of non-ortho nitro benzene ring substituents is 1. The highest BCUT2D eigenvalue weighted by molar-refractivity contribution is 5.87. The maximum Gasteiger partial charge on any atom is 0.331 e. The van der Waals surface area contributed by atoms with Crippen molar-refractivity contribution in [3.05, 3.63) is 63.7 Å². The molecule has 0 heterocycles. The first-order valence-corrected chi connectivity index (χ1v) is 7.86. The van der Waals surface area contributed by atoms with Crippen molar-refractivity contribution in [3.8, 4) is 17.2 Å². The van der Waals surface area contributed by atoms with Crippen LogP contribution in [0.5, 0.6) is 17.2 Å². The van der Waals surface area contributed by atoms with Crippen LogP contribution in [0.4, 0.5) is 5.69 Å². The number of hydrogen-bond donors (Lipinski definition) is 0. The van der Waals surface area contributed by atoms with E-state index in [4.69, 9.17) is 18.9 Å². The summed E-state index contributed by atoms with van der Waals surface area (Å²) in [5.74, 6) is 0.781. The van der Waals surface area contributed by atoms with Gasteiger partial charge in [0.1, 0.15) is 6.61 Å². The van der Waals surface area contributed by atoms with E-state index in [0.717, 1.165) is 0 Å². The fourth-order valence-electron chi connectivity index (χ4n) is 2.32. The molecule has 0 bridgehead atoms. The van der Waals surface area contributed by atoms with Gasteiger partial charge in [-0.05, 0) is 29.3 Å². The average Bonchev–Trinajstić information content (AvgIpc) is 2.69. The molecular formula is C19H19NO7. The Labute approximate surface area is 156 Å². The Morgan fingerprint density at radius 3 is 2.30 bits per heavy atom. The second-order valence-electron chi connectivity index (χ2n) is 5.33. The van der Waals surface area contributed by atoms with Gasteiger partial charge >= 0.3 is 5.97 Å². The number of rotatable bonds is 8. The lowest BCUT2D eigenvalue weighted by Crippen LogP contribution is -2.01. The molecule has 0 fully saturated rings. The Morgan fingerprint density at radius 1 is 1.07 bits per heavy atom. The van der Waals surface area contributed by atoms with E-state index in [1.165, 1.54) is 45.6 Å². The molecule has 0 saturated carbocycles. The highest BCUT2D eigenvalue weighted by Crippen LogP contribution is 2.38. The molecule has 0 aliphatic carbocycles. The number of carbonyl (C=O) groups excluding carboxylic acids is 1. The average molecular weight is 373 g/mol. The van der Waals surface area contributed by atoms with Gasteiger partial charge in [0.25, 0.3) is 5.69 Å². The minimum Gasteiger partial charge on any atom is -0.493 e. The van der Waals surface area contributed by atoms with Crippen LogP contribution < -0.4 is 14.2 Å². The van der Waals surface area contributed by atoms with Gasteiger partial charge in [-0.15, -0.1) is 0 Å². The molecule has 0 aliphatic heterocycles. The summed E-state index contributed by atoms with van der Waals surface area (Å²) in [7, 11) is 4.50. The Hall–Kier alpha value is -3.55. The number of esters is 1. The minimum absolute atomic E-state index is 0.0588. The van der Waals surface area contributed by atoms with E-state index in [-0.39, 0.29) is 12.3 Å². The van der Waals surface area contributed by atoms with Crippen molar-refractivity contribution in [2.45, 2.75) is 6.61 Å². The third-order valence-electron chi connectivity index (χ3n) is 3.60. The lowest BCUT2D eigenvalue weighted by Gasteiger charge is -2.12. The van der Waals surface area contributed by atoms with Crippen LogP contribution in [0.2, 0.25) is 0 Å². The molecular weight excluding hydrogens is 354 g/mol. The summed E-state index contributed by atoms with van der Waals surface area (Å²) >= 11 is 0. The third kappa shape index (κ3) is 5.21. The zero-order valence-electron chi connectivity index (χ0n) is 15.1. The quantitative estimate of drug-likeness (QED) is 0.303. The van der Waals surface area contributed by atoms with Gasteiger partial charge in [-0.2, -0.15) is 0 Å². The largest absolute Gasteiger partial charge is 0.493 e. The first-order chi connectivity index (χ1) is 13.0. The number of benzene rings is 2. The summed E-state index contributed by atoms with van der Waals surface area (Å²) in [5, 5.41) is 10.8. The van der Waals surface area contributed by atoms with E-state index in [1.807, 2.05) is 0 Å². The lowest BCUT2D eigenvalue weighted by atomic mass is 10.1. The number of ether oxygens (including phenoxy) is 4. The predicted molar refractivity (Wildman–Crippen MR) is 98.0 cm³/mol. The molecule has 0 radical (unpaired) electrons. The molecule has 0 atom stereocenters. The Morgan fingerprint density at radius 2 is 1.74 bits per heavy atom. The highest BCUT2D eigenvalue weighted by Gasteiger charge is 2.12. The van der Waals surface area contributed by atoms with Crippen LogP contribution in [-0.2, 0) is 16.1 Å². The van der Waals surface area contributed by atoms with Crippen LogP contribution >= 0.6 is 0 Å². The van der Waals surface area contributed by atoms with Crippen molar-refractivity contribution < 1.29 is 28.7 Å². The number of methoxy groups -OCH3 is 3. The topological polar surface area (TPSA) is 97.1 Å². The molecule has 2 rings (SSSR count). The molecule has 0 amide bonds. The van der Waals surface area contributed by atoms with Crippen molar-refractivity contribution in [1.29, 1.82) is 0 Å². The normalized spacial score (nSPS) is 10.5. The van der Waals surface area contributed by atoms with Crippen LogP contribution in [0.1, 0.15) is 11.1 Å². The Kier molecular flexibility index (Phi) is 6.76. The van der Waals surface area contributed by atoms with Gasteiger partial charge < -0.3 is 18.9 Å². The zero-order valence-corrected chi connectivity index (χ0v) is 15.1. The molecule has 0 saturated heterocycles. The molecule has 0 spiro atoms. The zero-order chi connectivity index (χ0) is 19.8. The van der Waals surface area contributed by atoms with Gasteiger partial charge in [0.2, 0.25) is 5.75 Å². The second kappa shape index (κ2) is 9.23. The molecule has 2 aromatic rings. The molecule has 8 nitrogen and oxygen atoms in total. The molecule has 0 N–H and O–H groups in total. The molecule has 2 aromatic carbocycles. The second-order valence-corrected chi connectivity index (χ2v) is 5.33. The van der Waals surface area contributed by atoms with Crippen LogP contribution in [0.15, 0.2) is 42.5 Å². The maximum absolute atomic E-state index is 11.9. The van der Waals surface area contributed by atoms with E-state index in [9.17, 15) is 14.9 Å². The van der Waals surface area contributed by atoms with Crippen LogP contribution in [0, 0.1) is 10.1 Å². The number of hydrogen-bond acceptors (Lipinski definition) is 7. The Balaban J connectivity index is 2.06. The van der Waals surface area contributed by atoms with Gasteiger partial charge in [0.15, 0.2) is 11.5 Å². The summed E-state index contributed by atoms with van der Waals surface area (Å²) in [4.78, 5) is 22.2. The smallest absolute Gasteiger partial charge is 0.331 e. The van der Waals surface area contributed by atoms with E-state index < -0.39 is 10.9 Å². The minimum atomic E-state index is -0.588. The van der Waals surface area contributed by atoms with E-state index in [2.05, 4.69) is 0 Å². The summed E-state index contributed by atoms with van der Waals surface area (Å²) < 4.78 is 20.9. The molecule has 0 aliphatic rings. The van der Waals surface area contributed by atoms with E-state index >= 15 is 0 Å². The summed E-state index contributed by atoms with van der Waals surface area (Å²) in [6.45, 7) is -0.0693. The van der Waals surface area contributed by atoms with Crippen molar-refractivity contribution in [1.82, 2.24) is 0 Å². The number of nitrogens with zero attached hydrogens (tertiary/aromatic N) is 1. The lowest BCUT2D eigenvalue weighted by molar-refractivity contribution is -0.384. The fourth-order valence-corrected chi connectivity index (χ4v) is 2.32. The third-order valence-corrected chi connectivity index (χ3v) is 3.60. The molecule has 142 valence electrons. The summed E-state index contributed by atoms with van der Waals surface area (Å²) in [6, 6.07) is 9.28. The van der Waals surface area contributed by atoms with Gasteiger partial charge in [-0.25, -0.2) is 4.79 Å². The standard InChI is InChI=1S/C19H19NO7/c1-24-16-10-13(11-17(25-2)19(16)26-3)7-8-18(21)27-12-14-5-4-6-15(9-14)20(22)23/h4-11H,12H2,1-3H3/b8-7+. The summed E-state index contributed by atoms with van der Waals surface area (Å²) in [5.41, 5.74) is 1.12. The van der Waals surface area contributed by atoms with E-state index in [0.29, 0.717) is 28.4 Å². The number of nitro benzene ring substituents is 1. The first-order valence-electron chi connectivity index (χ1n) is 7.86. The first kappa shape index (κ1) is 19.8. The van der Waals surface area contributed by atoms with Crippen molar-refractivity contribution >= 4 is 17.7 Å². The number of nitro groups is 1. The highest BCUT2D eigenvalue weighted by atomic mass is 16.6. The molecule has 0 unspecified atom stereocenters. The molecule has 0 aromatic heterocycles. The van der Waals surface area contributed by atoms with E-state index in [1.54, 1.807) is 24.3 Å².